The Kier molecular flexibility index (Phi) is 20.1. The molecule has 0 saturated carbocycles. The second-order valence-electron chi connectivity index (χ2n) is 2.81. The summed E-state index contributed by atoms with van der Waals surface area (Å²) in [4.78, 5) is 0. The van der Waals surface area contributed by atoms with Gasteiger partial charge in [0.2, 0.25) is 0 Å². The van der Waals surface area contributed by atoms with Gasteiger partial charge in [0.1, 0.15) is 0 Å². The lowest BCUT2D eigenvalue weighted by Gasteiger charge is -2.01. The second-order valence-corrected chi connectivity index (χ2v) is 2.81. The van der Waals surface area contributed by atoms with Crippen LogP contribution >= 0.6 is 0 Å². The van der Waals surface area contributed by atoms with Gasteiger partial charge in [-0.05, 0) is 25.9 Å². The lowest BCUT2D eigenvalue weighted by atomic mass is 10.2. The maximum Gasteiger partial charge on any atom is 0 e. The first kappa shape index (κ1) is 14.2. The van der Waals surface area contributed by atoms with Crippen LogP contribution in [-0.2, 0) is 0 Å². The minimum absolute atomic E-state index is 0. The maximum absolute atomic E-state index is 3.42. The maximum atomic E-state index is 3.42. The van der Waals surface area contributed by atoms with Crippen LogP contribution in [0.4, 0.5) is 0 Å². The van der Waals surface area contributed by atoms with Gasteiger partial charge in [-0.25, -0.2) is 0 Å². The van der Waals surface area contributed by atoms with Crippen LogP contribution in [0.15, 0.2) is 13.2 Å². The minimum Gasteiger partial charge on any atom is -0.317 e. The highest BCUT2D eigenvalue weighted by Gasteiger charge is 1.85. The van der Waals surface area contributed by atoms with Crippen molar-refractivity contribution in [1.82, 2.24) is 5.32 Å². The largest absolute Gasteiger partial charge is 0.317 e. The van der Waals surface area contributed by atoms with E-state index in [0.717, 1.165) is 0 Å². The molecule has 0 aliphatic rings. The molecule has 1 nitrogen and oxygen atoms in total. The first-order valence-corrected chi connectivity index (χ1v) is 5.12. The molecular weight excluding hydrogens is 146 g/mol. The van der Waals surface area contributed by atoms with Gasteiger partial charge < -0.3 is 5.32 Å². The molecule has 0 unspecified atom stereocenters. The molecule has 0 atom stereocenters. The van der Waals surface area contributed by atoms with E-state index < -0.39 is 0 Å². The molecule has 12 heavy (non-hydrogen) atoms. The number of rotatable bonds is 7. The quantitative estimate of drug-likeness (QED) is 0.458. The first-order chi connectivity index (χ1) is 5.91. The molecule has 0 saturated heterocycles. The topological polar surface area (TPSA) is 12.0 Å². The molecule has 0 aromatic carbocycles. The second kappa shape index (κ2) is 17.0. The Morgan fingerprint density at radius 1 is 0.917 bits per heavy atom. The Bertz CT molecular complexity index is 59.1. The molecule has 0 spiro atoms. The van der Waals surface area contributed by atoms with Crippen LogP contribution in [0.25, 0.3) is 0 Å². The van der Waals surface area contributed by atoms with Crippen LogP contribution in [0.5, 0.6) is 0 Å². The van der Waals surface area contributed by atoms with Gasteiger partial charge in [-0.3, -0.25) is 0 Å². The van der Waals surface area contributed by atoms with E-state index in [0.29, 0.717) is 0 Å². The summed E-state index contributed by atoms with van der Waals surface area (Å²) in [6, 6.07) is 0. The van der Waals surface area contributed by atoms with E-state index in [1.165, 1.54) is 45.2 Å². The van der Waals surface area contributed by atoms with Crippen molar-refractivity contribution >= 4 is 0 Å². The number of unbranched alkanes of at least 4 members (excludes halogenated alkanes) is 3. The van der Waals surface area contributed by atoms with Gasteiger partial charge in [-0.1, -0.05) is 33.1 Å². The highest BCUT2D eigenvalue weighted by atomic mass is 14.8. The van der Waals surface area contributed by atoms with Gasteiger partial charge in [0.05, 0.1) is 0 Å². The third-order valence-electron chi connectivity index (χ3n) is 1.66. The molecule has 0 rings (SSSR count). The van der Waals surface area contributed by atoms with E-state index in [9.17, 15) is 0 Å². The molecule has 0 fully saturated rings. The van der Waals surface area contributed by atoms with E-state index in [4.69, 9.17) is 0 Å². The zero-order valence-electron chi connectivity index (χ0n) is 8.86. The van der Waals surface area contributed by atoms with Crippen molar-refractivity contribution < 1.29 is 1.43 Å². The summed E-state index contributed by atoms with van der Waals surface area (Å²) in [6.07, 6.45) is 6.68. The molecular formula is C11H27N. The summed E-state index contributed by atoms with van der Waals surface area (Å²) in [5.74, 6) is 0. The normalized spacial score (nSPS) is 8.83. The predicted molar refractivity (Wildman–Crippen MR) is 60.7 cm³/mol. The zero-order chi connectivity index (χ0) is 9.66. The summed E-state index contributed by atoms with van der Waals surface area (Å²) in [5.41, 5.74) is 0. The van der Waals surface area contributed by atoms with Gasteiger partial charge in [0.25, 0.3) is 0 Å². The van der Waals surface area contributed by atoms with Crippen molar-refractivity contribution in [2.75, 3.05) is 13.1 Å². The fourth-order valence-electron chi connectivity index (χ4n) is 0.927. The molecule has 0 aliphatic carbocycles. The van der Waals surface area contributed by atoms with Crippen molar-refractivity contribution in [2.45, 2.75) is 46.0 Å². The monoisotopic (exact) mass is 173 g/mol. The smallest absolute Gasteiger partial charge is 0 e. The van der Waals surface area contributed by atoms with E-state index in [1.807, 2.05) is 0 Å². The van der Waals surface area contributed by atoms with Crippen LogP contribution in [0.3, 0.4) is 0 Å². The van der Waals surface area contributed by atoms with E-state index in [1.54, 1.807) is 0 Å². The Morgan fingerprint density at radius 2 is 1.42 bits per heavy atom. The van der Waals surface area contributed by atoms with Crippen molar-refractivity contribution in [3.8, 4) is 0 Å². The highest BCUT2D eigenvalue weighted by Crippen LogP contribution is 1.91. The lowest BCUT2D eigenvalue weighted by Crippen LogP contribution is -2.16. The van der Waals surface area contributed by atoms with Crippen LogP contribution < -0.4 is 5.32 Å². The Labute approximate surface area is 79.7 Å². The Balaban J connectivity index is -0.000000309. The summed E-state index contributed by atoms with van der Waals surface area (Å²) in [7, 11) is 0. The third-order valence-corrected chi connectivity index (χ3v) is 1.66. The molecule has 0 aromatic heterocycles. The molecule has 0 heterocycles. The van der Waals surface area contributed by atoms with Gasteiger partial charge in [0.15, 0.2) is 0 Å². The molecule has 1 heteroatoms. The van der Waals surface area contributed by atoms with Gasteiger partial charge in [0, 0.05) is 1.43 Å². The third kappa shape index (κ3) is 16.4. The van der Waals surface area contributed by atoms with Gasteiger partial charge in [-0.15, -0.1) is 13.2 Å². The number of nitrogens with one attached hydrogen (secondary N) is 1. The minimum atomic E-state index is 0. The Morgan fingerprint density at radius 3 is 1.92 bits per heavy atom. The standard InChI is InChI=1S/C9H21N.C2H4.H2/c1-3-5-7-9-10-8-6-4-2;1-2;/h10H,3-9H2,1-2H3;1-2H2;1H. The summed E-state index contributed by atoms with van der Waals surface area (Å²) >= 11 is 0. The first-order valence-electron chi connectivity index (χ1n) is 5.12. The molecule has 0 aliphatic heterocycles. The van der Waals surface area contributed by atoms with Crippen molar-refractivity contribution in [1.29, 1.82) is 0 Å². The zero-order valence-corrected chi connectivity index (χ0v) is 8.86. The van der Waals surface area contributed by atoms with E-state index >= 15 is 0 Å². The van der Waals surface area contributed by atoms with Crippen LogP contribution in [0.2, 0.25) is 0 Å². The average Bonchev–Trinajstić information content (AvgIpc) is 2.15. The van der Waals surface area contributed by atoms with Crippen molar-refractivity contribution in [3.05, 3.63) is 13.2 Å². The highest BCUT2D eigenvalue weighted by molar-refractivity contribution is 4.46. The summed E-state index contributed by atoms with van der Waals surface area (Å²) in [6.45, 7) is 12.9. The summed E-state index contributed by atoms with van der Waals surface area (Å²) in [5, 5.41) is 3.42. The van der Waals surface area contributed by atoms with Gasteiger partial charge in [-0.2, -0.15) is 0 Å². The molecule has 0 radical (unpaired) electrons. The molecule has 0 bridgehead atoms. The van der Waals surface area contributed by atoms with E-state index in [2.05, 4.69) is 32.3 Å². The number of hydrogen-bond acceptors (Lipinski definition) is 1. The van der Waals surface area contributed by atoms with Gasteiger partial charge >= 0.3 is 0 Å². The molecule has 76 valence electrons. The molecule has 0 aromatic rings. The predicted octanol–water partition coefficient (Wildman–Crippen LogP) is 3.61. The van der Waals surface area contributed by atoms with Crippen molar-refractivity contribution in [2.24, 2.45) is 0 Å². The van der Waals surface area contributed by atoms with Crippen molar-refractivity contribution in [3.63, 3.8) is 0 Å². The average molecular weight is 173 g/mol. The fraction of sp³-hybridized carbons (Fsp3) is 0.818. The SMILES string of the molecule is C=C.CCCCCNCCCC.[HH]. The summed E-state index contributed by atoms with van der Waals surface area (Å²) < 4.78 is 0. The van der Waals surface area contributed by atoms with Crippen LogP contribution in [0, 0.1) is 0 Å². The fourth-order valence-corrected chi connectivity index (χ4v) is 0.927. The van der Waals surface area contributed by atoms with Crippen LogP contribution in [-0.4, -0.2) is 13.1 Å². The van der Waals surface area contributed by atoms with E-state index in [-0.39, 0.29) is 1.43 Å². The molecule has 1 N–H and O–H groups in total. The molecule has 0 amide bonds. The Hall–Kier alpha value is -0.300. The lowest BCUT2D eigenvalue weighted by molar-refractivity contribution is 0.595. The number of hydrogen-bond donors (Lipinski definition) is 1. The van der Waals surface area contributed by atoms with Crippen LogP contribution in [0.1, 0.15) is 47.4 Å².